The van der Waals surface area contributed by atoms with Gasteiger partial charge < -0.3 is 75.8 Å². The number of hydrogen-bond acceptors (Lipinski definition) is 24. The highest BCUT2D eigenvalue weighted by Gasteiger charge is 2.25. The second-order valence-electron chi connectivity index (χ2n) is 34.0. The lowest BCUT2D eigenvalue weighted by Gasteiger charge is -2.27. The Morgan fingerprint density at radius 2 is 0.535 bits per heavy atom. The van der Waals surface area contributed by atoms with Gasteiger partial charge in [-0.05, 0) is 49.7 Å². The fourth-order valence-corrected chi connectivity index (χ4v) is 6.35. The maximum atomic E-state index is 11.3. The molecule has 0 aromatic carbocycles. The third-order valence-electron chi connectivity index (χ3n) is 10.7. The lowest BCUT2D eigenvalue weighted by molar-refractivity contribution is -0.168. The summed E-state index contributed by atoms with van der Waals surface area (Å²) >= 11 is 0. The van der Waals surface area contributed by atoms with Gasteiger partial charge in [0, 0.05) is 102 Å². The van der Waals surface area contributed by atoms with E-state index in [1.54, 1.807) is 28.4 Å². The van der Waals surface area contributed by atoms with Crippen molar-refractivity contribution in [2.24, 2.45) is 54.7 Å². The molecule has 0 aliphatic rings. The second-order valence-corrected chi connectivity index (χ2v) is 34.0. The third-order valence-corrected chi connectivity index (χ3v) is 10.7. The summed E-state index contributed by atoms with van der Waals surface area (Å²) in [6.45, 7) is 62.9. The molecule has 0 unspecified atom stereocenters. The van der Waals surface area contributed by atoms with Crippen LogP contribution in [0.1, 0.15) is 253 Å². The highest BCUT2D eigenvalue weighted by molar-refractivity contribution is 5.71. The molecule has 0 aliphatic heterocycles. The number of esters is 8. The van der Waals surface area contributed by atoms with Crippen LogP contribution in [0.4, 0.5) is 0 Å². The van der Waals surface area contributed by atoms with Crippen molar-refractivity contribution in [2.45, 2.75) is 278 Å². The van der Waals surface area contributed by atoms with Gasteiger partial charge in [0.15, 0.2) is 25.2 Å². The van der Waals surface area contributed by atoms with Gasteiger partial charge in [-0.3, -0.25) is 38.4 Å². The van der Waals surface area contributed by atoms with Crippen LogP contribution in [0, 0.1) is 54.7 Å². The van der Waals surface area contributed by atoms with Crippen molar-refractivity contribution < 1.29 is 114 Å². The van der Waals surface area contributed by atoms with E-state index in [0.717, 1.165) is 12.8 Å². The molecule has 24 heteroatoms. The first-order chi connectivity index (χ1) is 44.2. The highest BCUT2D eigenvalue weighted by atomic mass is 16.7. The van der Waals surface area contributed by atoms with Crippen LogP contribution < -0.4 is 0 Å². The molecule has 0 amide bonds. The Hall–Kier alpha value is -4.56. The number of rotatable bonds is 24. The van der Waals surface area contributed by atoms with Gasteiger partial charge in [0.2, 0.25) is 0 Å². The predicted molar refractivity (Wildman–Crippen MR) is 390 cm³/mol. The molecule has 0 fully saturated rings. The minimum atomic E-state index is -0.512. The van der Waals surface area contributed by atoms with Gasteiger partial charge in [0.1, 0.15) is 6.61 Å². The molecule has 596 valence electrons. The maximum Gasteiger partial charge on any atom is 0.310 e. The van der Waals surface area contributed by atoms with E-state index in [9.17, 15) is 38.4 Å². The smallest absolute Gasteiger partial charge is 0.310 e. The summed E-state index contributed by atoms with van der Waals surface area (Å²) in [4.78, 5) is 85.7. The van der Waals surface area contributed by atoms with Crippen molar-refractivity contribution in [2.75, 3.05) is 111 Å². The van der Waals surface area contributed by atoms with E-state index in [4.69, 9.17) is 66.3 Å². The molecule has 0 saturated heterocycles. The fourth-order valence-electron chi connectivity index (χ4n) is 6.35. The lowest BCUT2D eigenvalue weighted by atomic mass is 9.85. The van der Waals surface area contributed by atoms with Gasteiger partial charge in [0.25, 0.3) is 0 Å². The molecule has 0 saturated carbocycles. The van der Waals surface area contributed by atoms with Crippen LogP contribution >= 0.6 is 0 Å². The van der Waals surface area contributed by atoms with Crippen molar-refractivity contribution in [3.05, 3.63) is 0 Å². The van der Waals surface area contributed by atoms with E-state index in [2.05, 4.69) is 71.8 Å². The van der Waals surface area contributed by atoms with E-state index >= 15 is 0 Å². The van der Waals surface area contributed by atoms with Crippen LogP contribution in [0.5, 0.6) is 0 Å². The fraction of sp³-hybridized carbons (Fsp3) is 0.893. The molecule has 24 nitrogen and oxygen atoms in total. The summed E-state index contributed by atoms with van der Waals surface area (Å²) in [5.41, 5.74) is 0.681. The Kier molecular flexibility index (Phi) is 67.2. The SMILES string of the molecule is CC(=O)OCC(C)(C)C.CC(=O)OCC(C)(C)C.CC(=O)OCC(COC(C)=O)CC(C)(C)C.COC(=O)CC(C)(C)C.COC(=O)CC(C)(C)C.COC(CC(=O)OCC(C)(C)C)OC.COC(CC(C)(C)C)OC.COC(COC(=O)CC(C)(C)C)OC.COC(OC)C(C)(C)C. The molecule has 0 aliphatic carbocycles. The largest absolute Gasteiger partial charge is 0.469 e. The topological polar surface area (TPSA) is 284 Å². The monoisotopic (exact) mass is 1440 g/mol. The summed E-state index contributed by atoms with van der Waals surface area (Å²) in [6, 6.07) is 0. The zero-order chi connectivity index (χ0) is 80.8. The molecule has 0 spiro atoms. The lowest BCUT2D eigenvalue weighted by Crippen LogP contribution is -2.29. The summed E-state index contributed by atoms with van der Waals surface area (Å²) in [5, 5.41) is 0. The first-order valence-electron chi connectivity index (χ1n) is 33.4. The number of methoxy groups -OCH3 is 10. The van der Waals surface area contributed by atoms with Crippen molar-refractivity contribution in [3.63, 3.8) is 0 Å². The number of hydrogen-bond donors (Lipinski definition) is 0. The minimum Gasteiger partial charge on any atom is -0.469 e. The summed E-state index contributed by atoms with van der Waals surface area (Å²) in [6.07, 6.45) is 2.13. The first-order valence-corrected chi connectivity index (χ1v) is 33.4. The third kappa shape index (κ3) is 112. The normalized spacial score (nSPS) is 11.7. The Labute approximate surface area is 603 Å². The Morgan fingerprint density at radius 1 is 0.263 bits per heavy atom. The molecule has 99 heavy (non-hydrogen) atoms. The average Bonchev–Trinajstić information content (AvgIpc) is 0.997. The maximum absolute atomic E-state index is 11.3. The van der Waals surface area contributed by atoms with Crippen LogP contribution in [-0.4, -0.2) is 184 Å². The zero-order valence-corrected chi connectivity index (χ0v) is 70.7. The Bertz CT molecular complexity index is 1950. The van der Waals surface area contributed by atoms with E-state index in [1.807, 2.05) is 125 Å². The average molecular weight is 1440 g/mol. The van der Waals surface area contributed by atoms with Gasteiger partial charge in [-0.15, -0.1) is 0 Å². The standard InChI is InChI=1S/C12H22O4.2C10H20O4.C8H18O2.C7H16O2.4C7H14O2/c1-9(13)15-7-11(6-12(3,4)5)8-16-10(2)14;1-10(2,3)6-8(11)14-7-9(12-4)13-5;1-10(2,3)7-14-8(11)6-9(12-4)13-5;1-8(2,3)6-7(9-4)10-5;1-7(2,3)6(8-4)9-5;2*1-7(2,3)5-6(8)9-4;2*1-6(8)9-5-7(2,3)4/h11H,6-8H2,1-5H3;2*9H,6-7H2,1-5H3;7H,6H2,1-5H3;6H,1-5H3;4*5H2,1-4H3. The van der Waals surface area contributed by atoms with E-state index in [-0.39, 0.29) is 128 Å². The van der Waals surface area contributed by atoms with Crippen molar-refractivity contribution in [1.82, 2.24) is 0 Å². The van der Waals surface area contributed by atoms with E-state index in [0.29, 0.717) is 52.3 Å². The van der Waals surface area contributed by atoms with Crippen LogP contribution in [0.2, 0.25) is 0 Å². The summed E-state index contributed by atoms with van der Waals surface area (Å²) < 4.78 is 78.1. The van der Waals surface area contributed by atoms with E-state index in [1.165, 1.54) is 70.4 Å². The molecular formula is C75H152O24. The zero-order valence-electron chi connectivity index (χ0n) is 70.7. The number of carbonyl (C=O) groups is 8. The van der Waals surface area contributed by atoms with Crippen LogP contribution in [-0.2, 0) is 114 Å². The molecule has 0 heterocycles. The van der Waals surface area contributed by atoms with Crippen molar-refractivity contribution >= 4 is 47.8 Å². The summed E-state index contributed by atoms with van der Waals surface area (Å²) in [5.74, 6) is -1.75. The molecule has 0 aromatic heterocycles. The van der Waals surface area contributed by atoms with Gasteiger partial charge in [0.05, 0.1) is 72.9 Å². The molecular weight excluding hydrogens is 1280 g/mol. The predicted octanol–water partition coefficient (Wildman–Crippen LogP) is 15.4. The van der Waals surface area contributed by atoms with Crippen molar-refractivity contribution in [1.29, 1.82) is 0 Å². The van der Waals surface area contributed by atoms with Gasteiger partial charge in [-0.1, -0.05) is 187 Å². The molecule has 0 aromatic rings. The molecule has 0 N–H and O–H groups in total. The van der Waals surface area contributed by atoms with Crippen molar-refractivity contribution in [3.8, 4) is 0 Å². The number of ether oxygens (including phenoxy) is 16. The van der Waals surface area contributed by atoms with Crippen LogP contribution in [0.15, 0.2) is 0 Å². The van der Waals surface area contributed by atoms with Crippen LogP contribution in [0.3, 0.4) is 0 Å². The quantitative estimate of drug-likeness (QED) is 0.0493. The highest BCUT2D eigenvalue weighted by Crippen LogP contribution is 2.26. The van der Waals surface area contributed by atoms with E-state index < -0.39 is 12.6 Å². The molecule has 0 bridgehead atoms. The summed E-state index contributed by atoms with van der Waals surface area (Å²) in [7, 11) is 15.5. The number of carbonyl (C=O) groups excluding carboxylic acids is 8. The molecule has 0 atom stereocenters. The van der Waals surface area contributed by atoms with Gasteiger partial charge >= 0.3 is 47.8 Å². The first kappa shape index (κ1) is 113. The minimum absolute atomic E-state index is 0.00863. The molecule has 0 radical (unpaired) electrons. The Morgan fingerprint density at radius 3 is 0.707 bits per heavy atom. The van der Waals surface area contributed by atoms with Gasteiger partial charge in [-0.25, -0.2) is 0 Å². The van der Waals surface area contributed by atoms with Crippen LogP contribution in [0.25, 0.3) is 0 Å². The Balaban J connectivity index is -0.000000133. The van der Waals surface area contributed by atoms with Gasteiger partial charge in [-0.2, -0.15) is 0 Å². The molecule has 0 rings (SSSR count). The second kappa shape index (κ2) is 58.9.